The summed E-state index contributed by atoms with van der Waals surface area (Å²) >= 11 is 0. The standard InChI is InChI=1S/C16H21F2N3/c17-13-5-6-14(15(18)11-13)16(12-19)20-7-1-2-8-21-9-3-4-10-21/h5-6,11,16,20H,1-4,7-10H2. The number of nitriles is 1. The minimum absolute atomic E-state index is 0.207. The second-order valence-electron chi connectivity index (χ2n) is 5.44. The average Bonchev–Trinajstić information content (AvgIpc) is 2.97. The van der Waals surface area contributed by atoms with Crippen LogP contribution in [-0.4, -0.2) is 31.1 Å². The van der Waals surface area contributed by atoms with Crippen LogP contribution in [0.1, 0.15) is 37.3 Å². The Morgan fingerprint density at radius 1 is 1.24 bits per heavy atom. The van der Waals surface area contributed by atoms with Crippen molar-refractivity contribution in [3.63, 3.8) is 0 Å². The molecule has 5 heteroatoms. The van der Waals surface area contributed by atoms with Gasteiger partial charge in [0.25, 0.3) is 0 Å². The van der Waals surface area contributed by atoms with Crippen molar-refractivity contribution in [3.05, 3.63) is 35.4 Å². The van der Waals surface area contributed by atoms with Crippen molar-refractivity contribution in [1.82, 2.24) is 10.2 Å². The molecule has 1 aromatic carbocycles. The Hall–Kier alpha value is -1.51. The molecule has 1 saturated heterocycles. The van der Waals surface area contributed by atoms with Crippen molar-refractivity contribution in [2.24, 2.45) is 0 Å². The van der Waals surface area contributed by atoms with Gasteiger partial charge in [0.15, 0.2) is 0 Å². The van der Waals surface area contributed by atoms with Crippen molar-refractivity contribution in [2.45, 2.75) is 31.7 Å². The van der Waals surface area contributed by atoms with Crippen LogP contribution in [0.5, 0.6) is 0 Å². The number of nitrogens with one attached hydrogen (secondary N) is 1. The Kier molecular flexibility index (Phi) is 6.09. The van der Waals surface area contributed by atoms with Crippen LogP contribution in [0.3, 0.4) is 0 Å². The summed E-state index contributed by atoms with van der Waals surface area (Å²) < 4.78 is 26.5. The second kappa shape index (κ2) is 8.06. The Morgan fingerprint density at radius 2 is 2.00 bits per heavy atom. The lowest BCUT2D eigenvalue weighted by molar-refractivity contribution is 0.328. The first-order valence-electron chi connectivity index (χ1n) is 7.51. The number of nitrogens with zero attached hydrogens (tertiary/aromatic N) is 2. The third-order valence-corrected chi connectivity index (χ3v) is 3.85. The highest BCUT2D eigenvalue weighted by Gasteiger charge is 2.15. The smallest absolute Gasteiger partial charge is 0.131 e. The first-order valence-corrected chi connectivity index (χ1v) is 7.51. The van der Waals surface area contributed by atoms with Gasteiger partial charge < -0.3 is 4.90 Å². The number of halogens is 2. The predicted molar refractivity (Wildman–Crippen MR) is 77.6 cm³/mol. The molecule has 0 amide bonds. The lowest BCUT2D eigenvalue weighted by Crippen LogP contribution is -2.24. The van der Waals surface area contributed by atoms with E-state index in [9.17, 15) is 8.78 Å². The maximum absolute atomic E-state index is 13.6. The van der Waals surface area contributed by atoms with Gasteiger partial charge in [0, 0.05) is 11.6 Å². The molecule has 1 aliphatic heterocycles. The van der Waals surface area contributed by atoms with Gasteiger partial charge in [0.05, 0.1) is 6.07 Å². The summed E-state index contributed by atoms with van der Waals surface area (Å²) in [6, 6.07) is 4.62. The fourth-order valence-corrected chi connectivity index (χ4v) is 2.67. The van der Waals surface area contributed by atoms with Crippen molar-refractivity contribution < 1.29 is 8.78 Å². The number of unbranched alkanes of at least 4 members (excludes halogenated alkanes) is 1. The fraction of sp³-hybridized carbons (Fsp3) is 0.562. The highest BCUT2D eigenvalue weighted by atomic mass is 19.1. The number of likely N-dealkylation sites (tertiary alicyclic amines) is 1. The Balaban J connectivity index is 1.73. The Morgan fingerprint density at radius 3 is 2.67 bits per heavy atom. The molecule has 1 heterocycles. The lowest BCUT2D eigenvalue weighted by atomic mass is 10.1. The summed E-state index contributed by atoms with van der Waals surface area (Å²) in [5.41, 5.74) is 0.207. The number of rotatable bonds is 7. The van der Waals surface area contributed by atoms with E-state index in [0.29, 0.717) is 6.54 Å². The van der Waals surface area contributed by atoms with Crippen molar-refractivity contribution >= 4 is 0 Å². The van der Waals surface area contributed by atoms with Crippen molar-refractivity contribution in [3.8, 4) is 6.07 Å². The monoisotopic (exact) mass is 293 g/mol. The minimum atomic E-state index is -0.725. The van der Waals surface area contributed by atoms with Crippen LogP contribution in [0.15, 0.2) is 18.2 Å². The summed E-state index contributed by atoms with van der Waals surface area (Å²) in [6.45, 7) is 4.12. The number of benzene rings is 1. The molecule has 0 saturated carbocycles. The maximum Gasteiger partial charge on any atom is 0.131 e. The normalized spacial score (nSPS) is 16.8. The van der Waals surface area contributed by atoms with E-state index in [1.54, 1.807) is 0 Å². The van der Waals surface area contributed by atoms with Gasteiger partial charge in [-0.25, -0.2) is 8.78 Å². The summed E-state index contributed by atoms with van der Waals surface area (Å²) in [7, 11) is 0. The third-order valence-electron chi connectivity index (χ3n) is 3.85. The van der Waals surface area contributed by atoms with Gasteiger partial charge in [-0.05, 0) is 57.9 Å². The van der Waals surface area contributed by atoms with Gasteiger partial charge in [-0.2, -0.15) is 5.26 Å². The molecule has 0 spiro atoms. The molecule has 2 rings (SSSR count). The van der Waals surface area contributed by atoms with E-state index in [4.69, 9.17) is 5.26 Å². The molecule has 21 heavy (non-hydrogen) atoms. The van der Waals surface area contributed by atoms with Crippen LogP contribution in [0, 0.1) is 23.0 Å². The fourth-order valence-electron chi connectivity index (χ4n) is 2.67. The highest BCUT2D eigenvalue weighted by Crippen LogP contribution is 2.17. The minimum Gasteiger partial charge on any atom is -0.303 e. The van der Waals surface area contributed by atoms with Gasteiger partial charge in [0.1, 0.15) is 17.7 Å². The van der Waals surface area contributed by atoms with E-state index in [0.717, 1.165) is 25.5 Å². The molecule has 3 nitrogen and oxygen atoms in total. The molecule has 0 radical (unpaired) electrons. The first kappa shape index (κ1) is 15.9. The molecule has 1 aromatic rings. The third kappa shape index (κ3) is 4.76. The molecule has 1 aliphatic rings. The average molecular weight is 293 g/mol. The lowest BCUT2D eigenvalue weighted by Gasteiger charge is -2.15. The van der Waals surface area contributed by atoms with Crippen LogP contribution in [0.25, 0.3) is 0 Å². The molecular formula is C16H21F2N3. The van der Waals surface area contributed by atoms with Crippen LogP contribution in [0.4, 0.5) is 8.78 Å². The summed E-state index contributed by atoms with van der Waals surface area (Å²) in [5.74, 6) is -1.30. The van der Waals surface area contributed by atoms with Gasteiger partial charge in [-0.1, -0.05) is 6.07 Å². The van der Waals surface area contributed by atoms with Crippen molar-refractivity contribution in [1.29, 1.82) is 5.26 Å². The van der Waals surface area contributed by atoms with E-state index in [-0.39, 0.29) is 5.56 Å². The van der Waals surface area contributed by atoms with Gasteiger partial charge in [0.2, 0.25) is 0 Å². The molecule has 1 unspecified atom stereocenters. The Labute approximate surface area is 124 Å². The van der Waals surface area contributed by atoms with Crippen LogP contribution in [-0.2, 0) is 0 Å². The second-order valence-corrected chi connectivity index (χ2v) is 5.44. The van der Waals surface area contributed by atoms with E-state index >= 15 is 0 Å². The summed E-state index contributed by atoms with van der Waals surface area (Å²) in [4.78, 5) is 2.45. The number of hydrogen-bond donors (Lipinski definition) is 1. The van der Waals surface area contributed by atoms with Gasteiger partial charge in [-0.15, -0.1) is 0 Å². The topological polar surface area (TPSA) is 39.1 Å². The highest BCUT2D eigenvalue weighted by molar-refractivity contribution is 5.26. The van der Waals surface area contributed by atoms with E-state index < -0.39 is 17.7 Å². The van der Waals surface area contributed by atoms with Crippen LogP contribution < -0.4 is 5.32 Å². The zero-order chi connectivity index (χ0) is 15.1. The quantitative estimate of drug-likeness (QED) is 0.786. The molecule has 1 N–H and O–H groups in total. The zero-order valence-corrected chi connectivity index (χ0v) is 12.1. The summed E-state index contributed by atoms with van der Waals surface area (Å²) in [5, 5.41) is 12.2. The van der Waals surface area contributed by atoms with Crippen LogP contribution >= 0.6 is 0 Å². The van der Waals surface area contributed by atoms with Crippen molar-refractivity contribution in [2.75, 3.05) is 26.2 Å². The molecule has 0 aliphatic carbocycles. The van der Waals surface area contributed by atoms with E-state index in [2.05, 4.69) is 10.2 Å². The molecule has 1 fully saturated rings. The molecule has 0 aromatic heterocycles. The first-order chi connectivity index (χ1) is 10.2. The van der Waals surface area contributed by atoms with Crippen LogP contribution in [0.2, 0.25) is 0 Å². The molecule has 1 atom stereocenters. The predicted octanol–water partition coefficient (Wildman–Crippen LogP) is 3.00. The van der Waals surface area contributed by atoms with E-state index in [1.807, 2.05) is 6.07 Å². The maximum atomic E-state index is 13.6. The zero-order valence-electron chi connectivity index (χ0n) is 12.1. The van der Waals surface area contributed by atoms with E-state index in [1.165, 1.54) is 38.1 Å². The molecular weight excluding hydrogens is 272 g/mol. The summed E-state index contributed by atoms with van der Waals surface area (Å²) in [6.07, 6.45) is 4.59. The SMILES string of the molecule is N#CC(NCCCCN1CCCC1)c1ccc(F)cc1F. The Bertz CT molecular complexity index is 493. The molecule has 114 valence electrons. The largest absolute Gasteiger partial charge is 0.303 e. The van der Waals surface area contributed by atoms with Gasteiger partial charge in [-0.3, -0.25) is 5.32 Å². The number of hydrogen-bond acceptors (Lipinski definition) is 3. The van der Waals surface area contributed by atoms with Gasteiger partial charge >= 0.3 is 0 Å². The molecule has 0 bridgehead atoms.